The van der Waals surface area contributed by atoms with Crippen molar-refractivity contribution in [1.29, 1.82) is 0 Å². The number of hydrogen-bond acceptors (Lipinski definition) is 5. The number of methoxy groups -OCH3 is 1. The van der Waals surface area contributed by atoms with Crippen molar-refractivity contribution in [1.82, 2.24) is 0 Å². The first-order valence-corrected chi connectivity index (χ1v) is 6.86. The quantitative estimate of drug-likeness (QED) is 0.594. The first-order valence-electron chi connectivity index (χ1n) is 6.86. The summed E-state index contributed by atoms with van der Waals surface area (Å²) in [5.41, 5.74) is 0. The van der Waals surface area contributed by atoms with E-state index in [2.05, 4.69) is 4.74 Å². The van der Waals surface area contributed by atoms with Crippen LogP contribution >= 0.6 is 0 Å². The molecule has 0 amide bonds. The number of hydrogen-bond donors (Lipinski definition) is 1. The number of carbonyl (C=O) groups is 1. The zero-order valence-corrected chi connectivity index (χ0v) is 11.1. The second-order valence-electron chi connectivity index (χ2n) is 5.70. The normalized spacial score (nSPS) is 40.1. The minimum atomic E-state index is -0.424. The molecule has 0 radical (unpaired) electrons. The Labute approximate surface area is 112 Å². The summed E-state index contributed by atoms with van der Waals surface area (Å²) in [6, 6.07) is 0. The van der Waals surface area contributed by atoms with Crippen molar-refractivity contribution in [3.8, 4) is 0 Å². The fourth-order valence-electron chi connectivity index (χ4n) is 3.88. The summed E-state index contributed by atoms with van der Waals surface area (Å²) in [6.45, 7) is 1.31. The van der Waals surface area contributed by atoms with E-state index in [0.29, 0.717) is 25.0 Å². The molecule has 3 aliphatic rings. The van der Waals surface area contributed by atoms with Gasteiger partial charge in [-0.1, -0.05) is 6.08 Å². The molecule has 2 saturated carbocycles. The Hall–Kier alpha value is -0.910. The second-order valence-corrected chi connectivity index (χ2v) is 5.70. The molecule has 3 rings (SSSR count). The lowest BCUT2D eigenvalue weighted by Gasteiger charge is -2.24. The lowest BCUT2D eigenvalue weighted by molar-refractivity contribution is -0.157. The molecule has 5 nitrogen and oxygen atoms in total. The molecule has 1 N–H and O–H groups in total. The number of aliphatic hydroxyl groups is 1. The van der Waals surface area contributed by atoms with Crippen LogP contribution in [0.25, 0.3) is 0 Å². The summed E-state index contributed by atoms with van der Waals surface area (Å²) in [5, 5.41) is 10.1. The third kappa shape index (κ3) is 2.30. The Morgan fingerprint density at radius 2 is 2.11 bits per heavy atom. The van der Waals surface area contributed by atoms with Gasteiger partial charge in [0.15, 0.2) is 5.79 Å². The zero-order valence-electron chi connectivity index (χ0n) is 11.1. The highest BCUT2D eigenvalue weighted by Crippen LogP contribution is 2.54. The van der Waals surface area contributed by atoms with Crippen LogP contribution in [-0.2, 0) is 19.0 Å². The Balaban J connectivity index is 1.71. The van der Waals surface area contributed by atoms with Gasteiger partial charge in [-0.3, -0.25) is 0 Å². The summed E-state index contributed by atoms with van der Waals surface area (Å²) in [5.74, 6) is -0.0604. The SMILES string of the molecule is COC(=O)C=CC1C(O)C[C@H]2CC3(C[C@@H]12)OCCO3. The Bertz CT molecular complexity index is 385. The first-order chi connectivity index (χ1) is 9.13. The molecule has 0 aromatic carbocycles. The van der Waals surface area contributed by atoms with Crippen molar-refractivity contribution in [3.63, 3.8) is 0 Å². The van der Waals surface area contributed by atoms with Crippen molar-refractivity contribution in [2.45, 2.75) is 31.2 Å². The molecule has 19 heavy (non-hydrogen) atoms. The number of fused-ring (bicyclic) bond motifs is 1. The van der Waals surface area contributed by atoms with Crippen LogP contribution in [0.3, 0.4) is 0 Å². The van der Waals surface area contributed by atoms with E-state index in [4.69, 9.17) is 9.47 Å². The van der Waals surface area contributed by atoms with E-state index in [1.54, 1.807) is 6.08 Å². The Morgan fingerprint density at radius 3 is 2.79 bits per heavy atom. The van der Waals surface area contributed by atoms with Crippen LogP contribution in [0, 0.1) is 17.8 Å². The predicted octanol–water partition coefficient (Wildman–Crippen LogP) is 0.866. The van der Waals surface area contributed by atoms with Crippen LogP contribution < -0.4 is 0 Å². The van der Waals surface area contributed by atoms with Crippen molar-refractivity contribution in [3.05, 3.63) is 12.2 Å². The largest absolute Gasteiger partial charge is 0.466 e. The van der Waals surface area contributed by atoms with Crippen molar-refractivity contribution in [2.75, 3.05) is 20.3 Å². The highest BCUT2D eigenvalue weighted by molar-refractivity contribution is 5.81. The highest BCUT2D eigenvalue weighted by Gasteiger charge is 2.55. The number of carbonyl (C=O) groups excluding carboxylic acids is 1. The molecule has 4 atom stereocenters. The molecule has 1 saturated heterocycles. The summed E-state index contributed by atoms with van der Waals surface area (Å²) in [6.07, 6.45) is 5.25. The molecule has 106 valence electrons. The minimum absolute atomic E-state index is 0.00345. The molecule has 1 aliphatic heterocycles. The van der Waals surface area contributed by atoms with E-state index >= 15 is 0 Å². The first kappa shape index (κ1) is 13.1. The fraction of sp³-hybridized carbons (Fsp3) is 0.786. The molecule has 3 fully saturated rings. The average Bonchev–Trinajstić information content (AvgIpc) is 3.04. The van der Waals surface area contributed by atoms with Crippen LogP contribution in [0.2, 0.25) is 0 Å². The molecule has 2 unspecified atom stereocenters. The van der Waals surface area contributed by atoms with E-state index < -0.39 is 5.79 Å². The lowest BCUT2D eigenvalue weighted by Crippen LogP contribution is -2.29. The van der Waals surface area contributed by atoms with Gasteiger partial charge in [0.1, 0.15) is 0 Å². The van der Waals surface area contributed by atoms with Gasteiger partial charge in [-0.15, -0.1) is 0 Å². The Morgan fingerprint density at radius 1 is 1.37 bits per heavy atom. The monoisotopic (exact) mass is 268 g/mol. The zero-order chi connectivity index (χ0) is 13.5. The lowest BCUT2D eigenvalue weighted by atomic mass is 9.90. The minimum Gasteiger partial charge on any atom is -0.466 e. The van der Waals surface area contributed by atoms with Gasteiger partial charge in [0, 0.05) is 24.8 Å². The van der Waals surface area contributed by atoms with Crippen LogP contribution in [-0.4, -0.2) is 43.3 Å². The maximum Gasteiger partial charge on any atom is 0.330 e. The van der Waals surface area contributed by atoms with Gasteiger partial charge in [0.2, 0.25) is 0 Å². The van der Waals surface area contributed by atoms with E-state index in [0.717, 1.165) is 19.3 Å². The fourth-order valence-corrected chi connectivity index (χ4v) is 3.88. The molecule has 1 spiro atoms. The third-order valence-electron chi connectivity index (χ3n) is 4.68. The van der Waals surface area contributed by atoms with Crippen LogP contribution in [0.15, 0.2) is 12.2 Å². The highest BCUT2D eigenvalue weighted by atomic mass is 16.7. The van der Waals surface area contributed by atoms with Crippen molar-refractivity contribution < 1.29 is 24.1 Å². The molecule has 5 heteroatoms. The molecule has 1 heterocycles. The van der Waals surface area contributed by atoms with Crippen molar-refractivity contribution in [2.24, 2.45) is 17.8 Å². The predicted molar refractivity (Wildman–Crippen MR) is 66.1 cm³/mol. The van der Waals surface area contributed by atoms with Gasteiger partial charge < -0.3 is 19.3 Å². The summed E-state index contributed by atoms with van der Waals surface area (Å²) >= 11 is 0. The van der Waals surface area contributed by atoms with Crippen LogP contribution in [0.1, 0.15) is 19.3 Å². The van der Waals surface area contributed by atoms with Gasteiger partial charge in [-0.2, -0.15) is 0 Å². The molecular formula is C14H20O5. The van der Waals surface area contributed by atoms with E-state index in [1.807, 2.05) is 0 Å². The molecule has 2 aliphatic carbocycles. The number of rotatable bonds is 2. The number of esters is 1. The smallest absolute Gasteiger partial charge is 0.330 e. The second kappa shape index (κ2) is 4.89. The maximum atomic E-state index is 11.2. The number of ether oxygens (including phenoxy) is 3. The molecule has 0 aromatic rings. The maximum absolute atomic E-state index is 11.2. The molecule has 0 aromatic heterocycles. The average molecular weight is 268 g/mol. The van der Waals surface area contributed by atoms with Gasteiger partial charge in [-0.05, 0) is 18.3 Å². The Kier molecular flexibility index (Phi) is 3.37. The van der Waals surface area contributed by atoms with E-state index in [1.165, 1.54) is 13.2 Å². The summed E-state index contributed by atoms with van der Waals surface area (Å²) < 4.78 is 16.1. The molecular weight excluding hydrogens is 248 g/mol. The van der Waals surface area contributed by atoms with Crippen LogP contribution in [0.4, 0.5) is 0 Å². The number of aliphatic hydroxyl groups excluding tert-OH is 1. The van der Waals surface area contributed by atoms with Gasteiger partial charge >= 0.3 is 5.97 Å². The van der Waals surface area contributed by atoms with E-state index in [-0.39, 0.29) is 18.0 Å². The van der Waals surface area contributed by atoms with Gasteiger partial charge in [-0.25, -0.2) is 4.79 Å². The third-order valence-corrected chi connectivity index (χ3v) is 4.68. The topological polar surface area (TPSA) is 65.0 Å². The van der Waals surface area contributed by atoms with Crippen molar-refractivity contribution >= 4 is 5.97 Å². The van der Waals surface area contributed by atoms with Gasteiger partial charge in [0.05, 0.1) is 26.4 Å². The molecule has 0 bridgehead atoms. The summed E-state index contributed by atoms with van der Waals surface area (Å²) in [7, 11) is 1.35. The van der Waals surface area contributed by atoms with Gasteiger partial charge in [0.25, 0.3) is 0 Å². The summed E-state index contributed by atoms with van der Waals surface area (Å²) in [4.78, 5) is 11.2. The standard InChI is InChI=1S/C14H20O5/c1-17-13(16)3-2-10-11-8-14(18-4-5-19-14)7-9(11)6-12(10)15/h2-3,9-12,15H,4-8H2,1H3/t9-,10?,11+,12?/m0/s1. The van der Waals surface area contributed by atoms with Crippen LogP contribution in [0.5, 0.6) is 0 Å². The van der Waals surface area contributed by atoms with E-state index in [9.17, 15) is 9.90 Å².